The second-order valence-electron chi connectivity index (χ2n) is 7.58. The maximum atomic E-state index is 6.01. The number of hydrogen-bond acceptors (Lipinski definition) is 5. The van der Waals surface area contributed by atoms with Crippen LogP contribution >= 0.6 is 0 Å². The van der Waals surface area contributed by atoms with Crippen molar-refractivity contribution in [2.24, 2.45) is 5.92 Å². The Morgan fingerprint density at radius 1 is 1.14 bits per heavy atom. The molecule has 0 aromatic carbocycles. The zero-order chi connectivity index (χ0) is 16.0. The maximum Gasteiger partial charge on any atom is 0.516 e. The number of rotatable bonds is 2. The van der Waals surface area contributed by atoms with E-state index in [4.69, 9.17) is 9.31 Å². The van der Waals surface area contributed by atoms with Crippen molar-refractivity contribution in [3.63, 3.8) is 0 Å². The third-order valence-corrected chi connectivity index (χ3v) is 5.13. The van der Waals surface area contributed by atoms with Gasteiger partial charge in [-0.1, -0.05) is 6.92 Å². The van der Waals surface area contributed by atoms with Crippen molar-refractivity contribution in [1.29, 1.82) is 0 Å². The van der Waals surface area contributed by atoms with Crippen molar-refractivity contribution in [3.8, 4) is 0 Å². The average Bonchev–Trinajstić information content (AvgIpc) is 2.68. The third-order valence-electron chi connectivity index (χ3n) is 5.13. The summed E-state index contributed by atoms with van der Waals surface area (Å²) in [7, 11) is -0.438. The van der Waals surface area contributed by atoms with Gasteiger partial charge >= 0.3 is 7.12 Å². The van der Waals surface area contributed by atoms with Gasteiger partial charge in [0.2, 0.25) is 0 Å². The first-order chi connectivity index (χ1) is 10.3. The molecule has 0 N–H and O–H groups in total. The standard InChI is InChI=1S/C16H26BN3O2/c1-12-7-6-8-20(11-12)14-10-18-13(9-19-14)17-21-15(2,3)16(4,5)22-17/h9-10,12H,6-8,11H2,1-5H3. The van der Waals surface area contributed by atoms with E-state index in [1.807, 2.05) is 33.9 Å². The van der Waals surface area contributed by atoms with Crippen LogP contribution in [0.4, 0.5) is 5.82 Å². The van der Waals surface area contributed by atoms with Gasteiger partial charge in [-0.25, -0.2) is 4.98 Å². The van der Waals surface area contributed by atoms with E-state index in [0.29, 0.717) is 0 Å². The lowest BCUT2D eigenvalue weighted by Gasteiger charge is -2.32. The molecule has 0 spiro atoms. The number of hydrogen-bond donors (Lipinski definition) is 0. The van der Waals surface area contributed by atoms with Crippen molar-refractivity contribution in [1.82, 2.24) is 9.97 Å². The predicted molar refractivity (Wildman–Crippen MR) is 88.4 cm³/mol. The zero-order valence-electron chi connectivity index (χ0n) is 14.3. The van der Waals surface area contributed by atoms with Crippen molar-refractivity contribution in [3.05, 3.63) is 12.4 Å². The van der Waals surface area contributed by atoms with Crippen LogP contribution in [0, 0.1) is 5.92 Å². The normalized spacial score (nSPS) is 27.2. The lowest BCUT2D eigenvalue weighted by molar-refractivity contribution is 0.00578. The Morgan fingerprint density at radius 3 is 2.36 bits per heavy atom. The SMILES string of the molecule is CC1CCCN(c2cnc(B3OC(C)(C)C(C)(C)O3)cn2)C1. The molecule has 0 aliphatic carbocycles. The van der Waals surface area contributed by atoms with Gasteiger partial charge in [0, 0.05) is 19.3 Å². The van der Waals surface area contributed by atoms with Gasteiger partial charge in [-0.05, 0) is 46.5 Å². The van der Waals surface area contributed by atoms with E-state index in [1.54, 1.807) is 6.20 Å². The molecule has 120 valence electrons. The minimum Gasteiger partial charge on any atom is -0.398 e. The van der Waals surface area contributed by atoms with Crippen molar-refractivity contribution in [2.75, 3.05) is 18.0 Å². The summed E-state index contributed by atoms with van der Waals surface area (Å²) in [6.07, 6.45) is 6.16. The van der Waals surface area contributed by atoms with Crippen molar-refractivity contribution >= 4 is 18.5 Å². The molecule has 3 heterocycles. The third kappa shape index (κ3) is 2.86. The molecule has 1 atom stereocenters. The van der Waals surface area contributed by atoms with E-state index < -0.39 is 7.12 Å². The zero-order valence-corrected chi connectivity index (χ0v) is 14.3. The smallest absolute Gasteiger partial charge is 0.398 e. The van der Waals surface area contributed by atoms with E-state index in [-0.39, 0.29) is 11.2 Å². The van der Waals surface area contributed by atoms with Crippen LogP contribution in [0.2, 0.25) is 0 Å². The Labute approximate surface area is 133 Å². The molecule has 0 amide bonds. The van der Waals surface area contributed by atoms with Gasteiger partial charge < -0.3 is 14.2 Å². The van der Waals surface area contributed by atoms with Gasteiger partial charge in [-0.15, -0.1) is 0 Å². The Balaban J connectivity index is 1.72. The summed E-state index contributed by atoms with van der Waals surface area (Å²) in [5.74, 6) is 1.67. The molecule has 2 aliphatic rings. The molecule has 5 nitrogen and oxygen atoms in total. The fourth-order valence-electron chi connectivity index (χ4n) is 2.98. The highest BCUT2D eigenvalue weighted by Crippen LogP contribution is 2.36. The predicted octanol–water partition coefficient (Wildman–Crippen LogP) is 2.01. The lowest BCUT2D eigenvalue weighted by atomic mass is 9.85. The average molecular weight is 303 g/mol. The molecule has 2 fully saturated rings. The van der Waals surface area contributed by atoms with Crippen LogP contribution in [0.3, 0.4) is 0 Å². The lowest BCUT2D eigenvalue weighted by Crippen LogP contribution is -2.41. The molecule has 1 unspecified atom stereocenters. The van der Waals surface area contributed by atoms with Gasteiger partial charge in [0.05, 0.1) is 23.0 Å². The summed E-state index contributed by atoms with van der Waals surface area (Å²) in [6.45, 7) is 12.6. The highest BCUT2D eigenvalue weighted by atomic mass is 16.7. The Morgan fingerprint density at radius 2 is 1.82 bits per heavy atom. The molecule has 0 bridgehead atoms. The monoisotopic (exact) mass is 303 g/mol. The molecule has 0 saturated carbocycles. The minimum atomic E-state index is -0.438. The van der Waals surface area contributed by atoms with E-state index in [2.05, 4.69) is 21.8 Å². The van der Waals surface area contributed by atoms with Crippen LogP contribution in [0.25, 0.3) is 0 Å². The highest BCUT2D eigenvalue weighted by molar-refractivity contribution is 6.61. The first-order valence-electron chi connectivity index (χ1n) is 8.21. The first-order valence-corrected chi connectivity index (χ1v) is 8.21. The summed E-state index contributed by atoms with van der Waals surface area (Å²) < 4.78 is 12.0. The largest absolute Gasteiger partial charge is 0.516 e. The molecule has 22 heavy (non-hydrogen) atoms. The number of nitrogens with zero attached hydrogens (tertiary/aromatic N) is 3. The van der Waals surface area contributed by atoms with Gasteiger partial charge in [0.15, 0.2) is 0 Å². The summed E-state index contributed by atoms with van der Waals surface area (Å²) >= 11 is 0. The summed E-state index contributed by atoms with van der Waals surface area (Å²) in [6, 6.07) is 0. The van der Waals surface area contributed by atoms with Crippen LogP contribution in [-0.2, 0) is 9.31 Å². The Bertz CT molecular complexity index is 517. The second kappa shape index (κ2) is 5.50. The van der Waals surface area contributed by atoms with Gasteiger partial charge in [-0.3, -0.25) is 4.98 Å². The number of piperidine rings is 1. The Kier molecular flexibility index (Phi) is 3.93. The minimum absolute atomic E-state index is 0.347. The van der Waals surface area contributed by atoms with E-state index in [0.717, 1.165) is 30.4 Å². The fraction of sp³-hybridized carbons (Fsp3) is 0.750. The van der Waals surface area contributed by atoms with Crippen LogP contribution < -0.4 is 10.5 Å². The molecule has 6 heteroatoms. The quantitative estimate of drug-likeness (QED) is 0.782. The van der Waals surface area contributed by atoms with E-state index >= 15 is 0 Å². The van der Waals surface area contributed by atoms with Crippen LogP contribution in [0.15, 0.2) is 12.4 Å². The van der Waals surface area contributed by atoms with Gasteiger partial charge in [0.25, 0.3) is 0 Å². The molecule has 2 aliphatic heterocycles. The number of anilines is 1. The summed E-state index contributed by atoms with van der Waals surface area (Å²) in [4.78, 5) is 11.4. The van der Waals surface area contributed by atoms with Crippen LogP contribution in [0.1, 0.15) is 47.5 Å². The first kappa shape index (κ1) is 15.7. The molecule has 2 saturated heterocycles. The molecule has 1 aromatic rings. The summed E-state index contributed by atoms with van der Waals surface area (Å²) in [5, 5.41) is 0. The van der Waals surface area contributed by atoms with Gasteiger partial charge in [-0.2, -0.15) is 0 Å². The molecule has 3 rings (SSSR count). The second-order valence-corrected chi connectivity index (χ2v) is 7.58. The molecular weight excluding hydrogens is 277 g/mol. The molecular formula is C16H26BN3O2. The van der Waals surface area contributed by atoms with Crippen LogP contribution in [0.5, 0.6) is 0 Å². The fourth-order valence-corrected chi connectivity index (χ4v) is 2.98. The van der Waals surface area contributed by atoms with E-state index in [9.17, 15) is 0 Å². The molecule has 1 aromatic heterocycles. The Hall–Kier alpha value is -1.14. The van der Waals surface area contributed by atoms with E-state index in [1.165, 1.54) is 12.8 Å². The van der Waals surface area contributed by atoms with Crippen molar-refractivity contribution in [2.45, 2.75) is 58.7 Å². The number of aromatic nitrogens is 2. The highest BCUT2D eigenvalue weighted by Gasteiger charge is 2.52. The summed E-state index contributed by atoms with van der Waals surface area (Å²) in [5.41, 5.74) is 0.0492. The topological polar surface area (TPSA) is 47.5 Å². The van der Waals surface area contributed by atoms with Gasteiger partial charge in [0.1, 0.15) is 5.82 Å². The molecule has 0 radical (unpaired) electrons. The van der Waals surface area contributed by atoms with Crippen molar-refractivity contribution < 1.29 is 9.31 Å². The van der Waals surface area contributed by atoms with Crippen LogP contribution in [-0.4, -0.2) is 41.4 Å². The maximum absolute atomic E-state index is 6.01.